The fourth-order valence-electron chi connectivity index (χ4n) is 6.38. The van der Waals surface area contributed by atoms with Crippen molar-refractivity contribution in [2.75, 3.05) is 0 Å². The molecule has 0 N–H and O–H groups in total. The number of hydrogen-bond acceptors (Lipinski definition) is 4. The van der Waals surface area contributed by atoms with Crippen molar-refractivity contribution in [2.45, 2.75) is 0 Å². The number of hydrogen-bond donors (Lipinski definition) is 0. The van der Waals surface area contributed by atoms with E-state index in [2.05, 4.69) is 78.9 Å². The molecular weight excluding hydrogens is 502 g/mol. The van der Waals surface area contributed by atoms with Crippen molar-refractivity contribution in [3.05, 3.63) is 128 Å². The van der Waals surface area contributed by atoms with E-state index in [1.54, 1.807) is 0 Å². The molecule has 4 nitrogen and oxygen atoms in total. The van der Waals surface area contributed by atoms with E-state index in [9.17, 15) is 0 Å². The minimum atomic E-state index is 0.893. The Kier molecular flexibility index (Phi) is 4.58. The molecule has 0 saturated heterocycles. The molecule has 0 saturated carbocycles. The molecule has 9 rings (SSSR count). The number of aromatic nitrogens is 3. The predicted octanol–water partition coefficient (Wildman–Crippen LogP) is 9.72. The van der Waals surface area contributed by atoms with Gasteiger partial charge in [-0.15, -0.1) is 0 Å². The van der Waals surface area contributed by atoms with Crippen molar-refractivity contribution in [1.82, 2.24) is 15.0 Å². The summed E-state index contributed by atoms with van der Waals surface area (Å²) in [7, 11) is 0. The SMILES string of the molecule is c1ccc2c(c1)nc(-c1ccc(-c3cccc4oc5ccccc5c34)cc1)c1c3cccnc3c3ncccc3c21. The molecule has 0 unspecified atom stereocenters. The number of fused-ring (bicyclic) bond motifs is 11. The van der Waals surface area contributed by atoms with Crippen molar-refractivity contribution >= 4 is 65.4 Å². The fraction of sp³-hybridized carbons (Fsp3) is 0. The largest absolute Gasteiger partial charge is 0.456 e. The lowest BCUT2D eigenvalue weighted by molar-refractivity contribution is 0.669. The van der Waals surface area contributed by atoms with Gasteiger partial charge in [0.15, 0.2) is 0 Å². The van der Waals surface area contributed by atoms with Gasteiger partial charge < -0.3 is 4.42 Å². The van der Waals surface area contributed by atoms with Crippen molar-refractivity contribution in [3.63, 3.8) is 0 Å². The molecule has 4 aromatic heterocycles. The Balaban J connectivity index is 1.34. The first-order valence-electron chi connectivity index (χ1n) is 13.7. The molecule has 0 fully saturated rings. The second kappa shape index (κ2) is 8.44. The van der Waals surface area contributed by atoms with E-state index in [1.165, 1.54) is 0 Å². The molecule has 41 heavy (non-hydrogen) atoms. The van der Waals surface area contributed by atoms with Gasteiger partial charge in [0.2, 0.25) is 0 Å². The maximum absolute atomic E-state index is 6.15. The van der Waals surface area contributed by atoms with Crippen molar-refractivity contribution in [3.8, 4) is 22.4 Å². The van der Waals surface area contributed by atoms with E-state index in [1.807, 2.05) is 48.8 Å². The molecule has 0 bridgehead atoms. The number of nitrogens with zero attached hydrogens (tertiary/aromatic N) is 3. The maximum atomic E-state index is 6.15. The average Bonchev–Trinajstić information content (AvgIpc) is 3.43. The highest BCUT2D eigenvalue weighted by Gasteiger charge is 2.19. The highest BCUT2D eigenvalue weighted by Crippen LogP contribution is 2.42. The molecule has 0 amide bonds. The smallest absolute Gasteiger partial charge is 0.136 e. The van der Waals surface area contributed by atoms with E-state index in [-0.39, 0.29) is 0 Å². The summed E-state index contributed by atoms with van der Waals surface area (Å²) in [5.41, 5.74) is 8.86. The van der Waals surface area contributed by atoms with Gasteiger partial charge in [-0.2, -0.15) is 0 Å². The van der Waals surface area contributed by atoms with Gasteiger partial charge in [-0.3, -0.25) is 9.97 Å². The van der Waals surface area contributed by atoms with Crippen LogP contribution in [0.4, 0.5) is 0 Å². The summed E-state index contributed by atoms with van der Waals surface area (Å²) in [5, 5.41) is 7.79. The predicted molar refractivity (Wildman–Crippen MR) is 168 cm³/mol. The molecule has 4 heteroatoms. The first-order chi connectivity index (χ1) is 20.3. The number of para-hydroxylation sites is 2. The summed E-state index contributed by atoms with van der Waals surface area (Å²) in [6.45, 7) is 0. The van der Waals surface area contributed by atoms with Crippen LogP contribution in [0.25, 0.3) is 87.8 Å². The Labute approximate surface area is 234 Å². The first-order valence-corrected chi connectivity index (χ1v) is 13.7. The fourth-order valence-corrected chi connectivity index (χ4v) is 6.38. The highest BCUT2D eigenvalue weighted by molar-refractivity contribution is 6.32. The van der Waals surface area contributed by atoms with Gasteiger partial charge >= 0.3 is 0 Å². The lowest BCUT2D eigenvalue weighted by Gasteiger charge is -2.15. The van der Waals surface area contributed by atoms with Crippen LogP contribution >= 0.6 is 0 Å². The van der Waals surface area contributed by atoms with E-state index in [4.69, 9.17) is 19.4 Å². The lowest BCUT2D eigenvalue weighted by atomic mass is 9.92. The Bertz CT molecular complexity index is 2480. The van der Waals surface area contributed by atoms with Crippen LogP contribution < -0.4 is 0 Å². The van der Waals surface area contributed by atoms with Crippen LogP contribution in [-0.4, -0.2) is 15.0 Å². The monoisotopic (exact) mass is 523 g/mol. The van der Waals surface area contributed by atoms with Gasteiger partial charge in [-0.1, -0.05) is 84.9 Å². The molecule has 190 valence electrons. The third-order valence-corrected chi connectivity index (χ3v) is 8.14. The summed E-state index contributed by atoms with van der Waals surface area (Å²) in [4.78, 5) is 14.8. The molecule has 4 heterocycles. The Morgan fingerprint density at radius 2 is 1.07 bits per heavy atom. The van der Waals surface area contributed by atoms with Crippen molar-refractivity contribution < 1.29 is 4.42 Å². The summed E-state index contributed by atoms with van der Waals surface area (Å²) >= 11 is 0. The Morgan fingerprint density at radius 3 is 1.88 bits per heavy atom. The zero-order valence-corrected chi connectivity index (χ0v) is 21.9. The van der Waals surface area contributed by atoms with Gasteiger partial charge in [-0.25, -0.2) is 4.98 Å². The molecular formula is C37H21N3O. The van der Waals surface area contributed by atoms with Crippen LogP contribution in [0.1, 0.15) is 0 Å². The summed E-state index contributed by atoms with van der Waals surface area (Å²) in [6.07, 6.45) is 3.68. The molecule has 5 aromatic carbocycles. The highest BCUT2D eigenvalue weighted by atomic mass is 16.3. The van der Waals surface area contributed by atoms with E-state index in [0.29, 0.717) is 0 Å². The molecule has 0 aliphatic heterocycles. The molecule has 0 aliphatic carbocycles. The second-order valence-corrected chi connectivity index (χ2v) is 10.4. The van der Waals surface area contributed by atoms with Gasteiger partial charge in [0.1, 0.15) is 11.2 Å². The maximum Gasteiger partial charge on any atom is 0.136 e. The van der Waals surface area contributed by atoms with Crippen LogP contribution in [0.3, 0.4) is 0 Å². The van der Waals surface area contributed by atoms with Gasteiger partial charge in [0, 0.05) is 55.7 Å². The standard InChI is InChI=1S/C37H21N3O/c1-3-13-29-25(8-1)33-27-11-6-20-38-36(27)37-28(12-7-21-39-37)34(33)35(40-29)23-18-16-22(17-19-23)24-10-5-15-31-32(24)26-9-2-4-14-30(26)41-31/h1-21H. The van der Waals surface area contributed by atoms with Crippen LogP contribution in [0.5, 0.6) is 0 Å². The summed E-state index contributed by atoms with van der Waals surface area (Å²) in [5.74, 6) is 0. The van der Waals surface area contributed by atoms with Crippen LogP contribution in [0.2, 0.25) is 0 Å². The van der Waals surface area contributed by atoms with E-state index >= 15 is 0 Å². The average molecular weight is 524 g/mol. The molecule has 9 aromatic rings. The molecule has 0 atom stereocenters. The third-order valence-electron chi connectivity index (χ3n) is 8.14. The quantitative estimate of drug-likeness (QED) is 0.212. The minimum Gasteiger partial charge on any atom is -0.456 e. The van der Waals surface area contributed by atoms with Crippen LogP contribution in [0, 0.1) is 0 Å². The van der Waals surface area contributed by atoms with Gasteiger partial charge in [0.05, 0.1) is 22.2 Å². The molecule has 0 radical (unpaired) electrons. The minimum absolute atomic E-state index is 0.893. The molecule has 0 spiro atoms. The van der Waals surface area contributed by atoms with Crippen LogP contribution in [-0.2, 0) is 0 Å². The zero-order chi connectivity index (χ0) is 26.9. The lowest BCUT2D eigenvalue weighted by Crippen LogP contribution is -1.94. The Hall–Kier alpha value is -5.61. The van der Waals surface area contributed by atoms with Crippen molar-refractivity contribution in [2.24, 2.45) is 0 Å². The zero-order valence-electron chi connectivity index (χ0n) is 21.9. The van der Waals surface area contributed by atoms with Gasteiger partial charge in [0.25, 0.3) is 0 Å². The van der Waals surface area contributed by atoms with E-state index < -0.39 is 0 Å². The summed E-state index contributed by atoms with van der Waals surface area (Å²) < 4.78 is 6.15. The normalized spacial score (nSPS) is 11.9. The molecule has 0 aliphatic rings. The van der Waals surface area contributed by atoms with Crippen LogP contribution in [0.15, 0.2) is 132 Å². The Morgan fingerprint density at radius 1 is 0.439 bits per heavy atom. The number of benzene rings is 5. The first kappa shape index (κ1) is 22.2. The van der Waals surface area contributed by atoms with E-state index in [0.717, 1.165) is 87.8 Å². The number of furan rings is 1. The number of rotatable bonds is 2. The summed E-state index contributed by atoms with van der Waals surface area (Å²) in [6, 6.07) is 39.9. The van der Waals surface area contributed by atoms with Gasteiger partial charge in [-0.05, 0) is 41.5 Å². The topological polar surface area (TPSA) is 51.8 Å². The second-order valence-electron chi connectivity index (χ2n) is 10.4. The van der Waals surface area contributed by atoms with Crippen molar-refractivity contribution in [1.29, 1.82) is 0 Å². The third kappa shape index (κ3) is 3.19. The number of pyridine rings is 3.